The van der Waals surface area contributed by atoms with Crippen molar-refractivity contribution in [2.24, 2.45) is 0 Å². The number of unbranched alkanes of at least 4 members (excludes halogenated alkanes) is 3. The quantitative estimate of drug-likeness (QED) is 0.391. The van der Waals surface area contributed by atoms with E-state index in [1.807, 2.05) is 0 Å². The van der Waals surface area contributed by atoms with Crippen molar-refractivity contribution in [2.45, 2.75) is 32.1 Å². The predicted octanol–water partition coefficient (Wildman–Crippen LogP) is 3.21. The molecule has 0 saturated carbocycles. The molecular formula is C16H24Cl2N2O4. The first-order chi connectivity index (χ1) is 11.0. The zero-order valence-electron chi connectivity index (χ0n) is 13.9. The molecule has 0 aliphatic carbocycles. The van der Waals surface area contributed by atoms with Gasteiger partial charge in [-0.2, -0.15) is 0 Å². The molecule has 0 bridgehead atoms. The fraction of sp³-hybridized carbons (Fsp3) is 0.500. The van der Waals surface area contributed by atoms with Gasteiger partial charge in [0, 0.05) is 19.0 Å². The first kappa shape index (κ1) is 22.3. The number of ether oxygens (including phenoxy) is 2. The largest absolute Gasteiger partial charge is 0.496 e. The van der Waals surface area contributed by atoms with Crippen LogP contribution in [0, 0.1) is 0 Å². The van der Waals surface area contributed by atoms with Crippen molar-refractivity contribution in [2.75, 3.05) is 26.5 Å². The Kier molecular flexibility index (Phi) is 11.0. The summed E-state index contributed by atoms with van der Waals surface area (Å²) in [6.07, 6.45) is 3.91. The van der Waals surface area contributed by atoms with Gasteiger partial charge in [-0.05, 0) is 18.9 Å². The molecule has 3 N–H and O–H groups in total. The van der Waals surface area contributed by atoms with Crippen molar-refractivity contribution in [3.63, 3.8) is 0 Å². The Morgan fingerprint density at radius 1 is 1.17 bits per heavy atom. The summed E-state index contributed by atoms with van der Waals surface area (Å²) in [5, 5.41) is 3.14. The highest BCUT2D eigenvalue weighted by Gasteiger charge is 2.14. The van der Waals surface area contributed by atoms with E-state index in [4.69, 9.17) is 22.1 Å². The van der Waals surface area contributed by atoms with Crippen molar-refractivity contribution < 1.29 is 19.1 Å². The molecule has 0 aromatic heterocycles. The second-order valence-electron chi connectivity index (χ2n) is 5.07. The van der Waals surface area contributed by atoms with E-state index in [2.05, 4.69) is 10.1 Å². The first-order valence-electron chi connectivity index (χ1n) is 7.47. The first-order valence-corrected chi connectivity index (χ1v) is 7.85. The Morgan fingerprint density at radius 2 is 1.83 bits per heavy atom. The number of carbonyl (C=O) groups is 2. The van der Waals surface area contributed by atoms with Gasteiger partial charge in [0.1, 0.15) is 5.75 Å². The zero-order valence-corrected chi connectivity index (χ0v) is 15.5. The van der Waals surface area contributed by atoms with Crippen molar-refractivity contribution in [3.05, 3.63) is 22.7 Å². The van der Waals surface area contributed by atoms with Crippen LogP contribution in [0.3, 0.4) is 0 Å². The van der Waals surface area contributed by atoms with Gasteiger partial charge in [-0.3, -0.25) is 9.59 Å². The standard InChI is InChI=1S/C16H23ClN2O4.ClH/c1-22-14-10-13(18)12(17)9-11(14)16(21)19-8-6-4-3-5-7-15(20)23-2;/h9-10H,3-8,18H2,1-2H3,(H,19,21);1H. The molecule has 1 aromatic carbocycles. The lowest BCUT2D eigenvalue weighted by Gasteiger charge is -2.11. The summed E-state index contributed by atoms with van der Waals surface area (Å²) in [5.74, 6) is -0.0496. The molecule has 6 nitrogen and oxygen atoms in total. The van der Waals surface area contributed by atoms with Crippen LogP contribution in [0.2, 0.25) is 5.02 Å². The summed E-state index contributed by atoms with van der Waals surface area (Å²) in [6, 6.07) is 3.03. The molecule has 0 saturated heterocycles. The molecule has 0 aliphatic rings. The molecular weight excluding hydrogens is 355 g/mol. The van der Waals surface area contributed by atoms with E-state index in [1.54, 1.807) is 0 Å². The number of nitrogen functional groups attached to an aromatic ring is 1. The van der Waals surface area contributed by atoms with Crippen LogP contribution in [-0.4, -0.2) is 32.6 Å². The summed E-state index contributed by atoms with van der Waals surface area (Å²) >= 11 is 5.94. The van der Waals surface area contributed by atoms with E-state index < -0.39 is 0 Å². The second-order valence-corrected chi connectivity index (χ2v) is 5.48. The summed E-state index contributed by atoms with van der Waals surface area (Å²) in [5.41, 5.74) is 6.41. The molecule has 0 heterocycles. The van der Waals surface area contributed by atoms with E-state index in [1.165, 1.54) is 26.4 Å². The molecule has 1 rings (SSSR count). The molecule has 0 fully saturated rings. The van der Waals surface area contributed by atoms with Crippen LogP contribution in [0.1, 0.15) is 42.5 Å². The van der Waals surface area contributed by atoms with Crippen LogP contribution in [-0.2, 0) is 9.53 Å². The second kappa shape index (κ2) is 11.8. The Balaban J connectivity index is 0.00000529. The van der Waals surface area contributed by atoms with Gasteiger partial charge in [-0.25, -0.2) is 0 Å². The monoisotopic (exact) mass is 378 g/mol. The van der Waals surface area contributed by atoms with E-state index in [0.29, 0.717) is 35.0 Å². The molecule has 1 amide bonds. The summed E-state index contributed by atoms with van der Waals surface area (Å²) in [4.78, 5) is 23.1. The fourth-order valence-electron chi connectivity index (χ4n) is 2.06. The molecule has 1 aromatic rings. The lowest BCUT2D eigenvalue weighted by molar-refractivity contribution is -0.140. The van der Waals surface area contributed by atoms with Gasteiger partial charge in [-0.1, -0.05) is 24.4 Å². The molecule has 8 heteroatoms. The SMILES string of the molecule is COC(=O)CCCCCCNC(=O)c1cc(Cl)c(N)cc1OC.Cl. The number of esters is 1. The van der Waals surface area contributed by atoms with E-state index in [-0.39, 0.29) is 24.3 Å². The third-order valence-electron chi connectivity index (χ3n) is 3.38. The van der Waals surface area contributed by atoms with Gasteiger partial charge in [0.05, 0.1) is 30.5 Å². The van der Waals surface area contributed by atoms with Gasteiger partial charge < -0.3 is 20.5 Å². The number of nitrogens with one attached hydrogen (secondary N) is 1. The molecule has 0 radical (unpaired) electrons. The normalized spacial score (nSPS) is 9.79. The number of anilines is 1. The van der Waals surface area contributed by atoms with Crippen molar-refractivity contribution >= 4 is 41.6 Å². The minimum Gasteiger partial charge on any atom is -0.496 e. The Hall–Kier alpha value is -1.66. The average molecular weight is 379 g/mol. The zero-order chi connectivity index (χ0) is 17.2. The van der Waals surface area contributed by atoms with Crippen LogP contribution < -0.4 is 15.8 Å². The highest BCUT2D eigenvalue weighted by atomic mass is 35.5. The molecule has 136 valence electrons. The van der Waals surface area contributed by atoms with Crippen molar-refractivity contribution in [3.8, 4) is 5.75 Å². The summed E-state index contributed by atoms with van der Waals surface area (Å²) < 4.78 is 9.72. The van der Waals surface area contributed by atoms with E-state index in [0.717, 1.165) is 25.7 Å². The van der Waals surface area contributed by atoms with Gasteiger partial charge in [-0.15, -0.1) is 12.4 Å². The third kappa shape index (κ3) is 7.27. The molecule has 0 spiro atoms. The number of hydrogen-bond acceptors (Lipinski definition) is 5. The maximum Gasteiger partial charge on any atom is 0.305 e. The predicted molar refractivity (Wildman–Crippen MR) is 97.1 cm³/mol. The number of amides is 1. The number of nitrogens with two attached hydrogens (primary N) is 1. The average Bonchev–Trinajstić information content (AvgIpc) is 2.55. The lowest BCUT2D eigenvalue weighted by Crippen LogP contribution is -2.25. The number of rotatable bonds is 9. The van der Waals surface area contributed by atoms with E-state index >= 15 is 0 Å². The Morgan fingerprint density at radius 3 is 2.46 bits per heavy atom. The van der Waals surface area contributed by atoms with Crippen LogP contribution in [0.5, 0.6) is 5.75 Å². The molecule has 0 aliphatic heterocycles. The van der Waals surface area contributed by atoms with Gasteiger partial charge in [0.25, 0.3) is 5.91 Å². The van der Waals surface area contributed by atoms with Crippen LogP contribution >= 0.6 is 24.0 Å². The Labute approximate surface area is 153 Å². The van der Waals surface area contributed by atoms with Crippen LogP contribution in [0.4, 0.5) is 5.69 Å². The van der Waals surface area contributed by atoms with Gasteiger partial charge in [0.2, 0.25) is 0 Å². The van der Waals surface area contributed by atoms with Crippen LogP contribution in [0.15, 0.2) is 12.1 Å². The smallest absolute Gasteiger partial charge is 0.305 e. The van der Waals surface area contributed by atoms with Gasteiger partial charge >= 0.3 is 5.97 Å². The Bertz CT molecular complexity index is 553. The van der Waals surface area contributed by atoms with Crippen molar-refractivity contribution in [1.29, 1.82) is 0 Å². The number of benzene rings is 1. The topological polar surface area (TPSA) is 90.7 Å². The highest BCUT2D eigenvalue weighted by Crippen LogP contribution is 2.28. The van der Waals surface area contributed by atoms with Crippen molar-refractivity contribution in [1.82, 2.24) is 5.32 Å². The summed E-state index contributed by atoms with van der Waals surface area (Å²) in [6.45, 7) is 0.544. The number of carbonyl (C=O) groups excluding carboxylic acids is 2. The highest BCUT2D eigenvalue weighted by molar-refractivity contribution is 6.33. The lowest BCUT2D eigenvalue weighted by atomic mass is 10.1. The minimum atomic E-state index is -0.252. The summed E-state index contributed by atoms with van der Waals surface area (Å²) in [7, 11) is 2.86. The van der Waals surface area contributed by atoms with Crippen LogP contribution in [0.25, 0.3) is 0 Å². The van der Waals surface area contributed by atoms with E-state index in [9.17, 15) is 9.59 Å². The molecule has 24 heavy (non-hydrogen) atoms. The fourth-order valence-corrected chi connectivity index (χ4v) is 2.23. The number of halogens is 2. The third-order valence-corrected chi connectivity index (χ3v) is 3.71. The maximum absolute atomic E-state index is 12.2. The number of hydrogen-bond donors (Lipinski definition) is 2. The number of methoxy groups -OCH3 is 2. The minimum absolute atomic E-state index is 0. The molecule has 0 unspecified atom stereocenters. The molecule has 0 atom stereocenters. The van der Waals surface area contributed by atoms with Gasteiger partial charge in [0.15, 0.2) is 0 Å². The maximum atomic E-state index is 12.2.